The van der Waals surface area contributed by atoms with Gasteiger partial charge in [-0.2, -0.15) is 0 Å². The van der Waals surface area contributed by atoms with E-state index in [4.69, 9.17) is 32.8 Å². The zero-order valence-electron chi connectivity index (χ0n) is 13.8. The van der Waals surface area contributed by atoms with E-state index in [1.54, 1.807) is 24.4 Å². The molecule has 0 saturated heterocycles. The predicted molar refractivity (Wildman–Crippen MR) is 94.2 cm³/mol. The normalized spacial score (nSPS) is 24.8. The van der Waals surface area contributed by atoms with E-state index in [0.717, 1.165) is 0 Å². The van der Waals surface area contributed by atoms with Gasteiger partial charge in [-0.05, 0) is 36.3 Å². The molecule has 0 amide bonds. The lowest BCUT2D eigenvalue weighted by Gasteiger charge is -2.08. The highest BCUT2D eigenvalue weighted by Gasteiger charge is 2.62. The van der Waals surface area contributed by atoms with Crippen LogP contribution in [-0.4, -0.2) is 18.8 Å². The maximum atomic E-state index is 12.4. The van der Waals surface area contributed by atoms with E-state index in [0.29, 0.717) is 28.1 Å². The minimum atomic E-state index is -0.255. The Balaban J connectivity index is 1.52. The van der Waals surface area contributed by atoms with Crippen LogP contribution in [0.5, 0.6) is 0 Å². The molecule has 2 aliphatic carbocycles. The second-order valence-electron chi connectivity index (χ2n) is 7.13. The Morgan fingerprint density at radius 3 is 2.62 bits per heavy atom. The van der Waals surface area contributed by atoms with E-state index in [-0.39, 0.29) is 29.8 Å². The maximum absolute atomic E-state index is 12.4. The van der Waals surface area contributed by atoms with Crippen molar-refractivity contribution in [3.05, 3.63) is 33.8 Å². The van der Waals surface area contributed by atoms with Gasteiger partial charge in [0.25, 0.3) is 0 Å². The van der Waals surface area contributed by atoms with E-state index in [1.807, 2.05) is 13.8 Å². The Bertz CT molecular complexity index is 635. The Morgan fingerprint density at radius 2 is 2.00 bits per heavy atom. The fourth-order valence-corrected chi connectivity index (χ4v) is 3.36. The van der Waals surface area contributed by atoms with Crippen LogP contribution in [0.1, 0.15) is 32.3 Å². The quantitative estimate of drug-likeness (QED) is 0.396. The average molecular weight is 370 g/mol. The van der Waals surface area contributed by atoms with Gasteiger partial charge in [-0.3, -0.25) is 4.79 Å². The summed E-state index contributed by atoms with van der Waals surface area (Å²) in [6.45, 7) is 4.80. The van der Waals surface area contributed by atoms with Crippen LogP contribution in [0, 0.1) is 23.2 Å². The van der Waals surface area contributed by atoms with E-state index in [2.05, 4.69) is 5.16 Å². The van der Waals surface area contributed by atoms with Crippen molar-refractivity contribution >= 4 is 35.4 Å². The first-order valence-corrected chi connectivity index (χ1v) is 8.92. The maximum Gasteiger partial charge on any atom is 0.310 e. The summed E-state index contributed by atoms with van der Waals surface area (Å²) in [4.78, 5) is 17.6. The minimum absolute atomic E-state index is 0.0333. The molecule has 2 aliphatic rings. The molecular weight excluding hydrogens is 349 g/mol. The number of ether oxygens (including phenoxy) is 1. The van der Waals surface area contributed by atoms with E-state index in [1.165, 1.54) is 12.8 Å². The first-order chi connectivity index (χ1) is 11.4. The largest absolute Gasteiger partial charge is 0.460 e. The smallest absolute Gasteiger partial charge is 0.310 e. The summed E-state index contributed by atoms with van der Waals surface area (Å²) in [6, 6.07) is 5.21. The molecule has 1 aromatic carbocycles. The van der Waals surface area contributed by atoms with Crippen molar-refractivity contribution in [1.29, 1.82) is 0 Å². The van der Waals surface area contributed by atoms with Gasteiger partial charge in [-0.15, -0.1) is 0 Å². The van der Waals surface area contributed by atoms with Gasteiger partial charge in [0.05, 0.1) is 5.92 Å². The third-order valence-electron chi connectivity index (χ3n) is 4.89. The molecule has 0 N–H and O–H groups in total. The van der Waals surface area contributed by atoms with Gasteiger partial charge in [0.2, 0.25) is 0 Å². The number of esters is 1. The van der Waals surface area contributed by atoms with Gasteiger partial charge >= 0.3 is 5.97 Å². The lowest BCUT2D eigenvalue weighted by molar-refractivity contribution is -0.147. The van der Waals surface area contributed by atoms with Crippen LogP contribution < -0.4 is 0 Å². The number of benzene rings is 1. The van der Waals surface area contributed by atoms with Crippen LogP contribution in [0.25, 0.3) is 0 Å². The fraction of sp³-hybridized carbons (Fsp3) is 0.556. The fourth-order valence-electron chi connectivity index (χ4n) is 2.85. The number of hydrogen-bond acceptors (Lipinski definition) is 4. The average Bonchev–Trinajstić information content (AvgIpc) is 3.41. The van der Waals surface area contributed by atoms with Crippen molar-refractivity contribution in [2.24, 2.45) is 28.3 Å². The molecule has 0 heterocycles. The number of carbonyl (C=O) groups excluding carboxylic acids is 1. The number of rotatable bonds is 7. The van der Waals surface area contributed by atoms with E-state index < -0.39 is 0 Å². The summed E-state index contributed by atoms with van der Waals surface area (Å²) in [6.07, 6.45) is 4.19. The van der Waals surface area contributed by atoms with Crippen LogP contribution in [0.2, 0.25) is 10.0 Å². The molecule has 6 heteroatoms. The van der Waals surface area contributed by atoms with Gasteiger partial charge in [0.1, 0.15) is 13.2 Å². The van der Waals surface area contributed by atoms with Crippen molar-refractivity contribution in [3.8, 4) is 0 Å². The molecule has 0 bridgehead atoms. The number of halogens is 2. The standard InChI is InChI=1S/C18H21Cl2NO3/c1-18(2)13(8-21-24-9-11-6-7-11)16(18)17(22)23-10-12-14(19)4-3-5-15(12)20/h3-5,8,11,13,16H,6-7,9-10H2,1-2H3/t13-,16-/m0/s1. The lowest BCUT2D eigenvalue weighted by Crippen LogP contribution is -2.11. The van der Waals surface area contributed by atoms with Crippen molar-refractivity contribution in [2.45, 2.75) is 33.3 Å². The highest BCUT2D eigenvalue weighted by atomic mass is 35.5. The van der Waals surface area contributed by atoms with Crippen molar-refractivity contribution in [1.82, 2.24) is 0 Å². The Hall–Kier alpha value is -1.26. The molecule has 1 aromatic rings. The highest BCUT2D eigenvalue weighted by Crippen LogP contribution is 2.57. The second-order valence-corrected chi connectivity index (χ2v) is 7.94. The molecule has 130 valence electrons. The molecule has 4 nitrogen and oxygen atoms in total. The zero-order chi connectivity index (χ0) is 17.3. The minimum Gasteiger partial charge on any atom is -0.460 e. The number of carbonyl (C=O) groups is 1. The topological polar surface area (TPSA) is 47.9 Å². The molecule has 0 aliphatic heterocycles. The van der Waals surface area contributed by atoms with Crippen molar-refractivity contribution < 1.29 is 14.4 Å². The summed E-state index contributed by atoms with van der Waals surface area (Å²) in [5, 5.41) is 5.01. The molecule has 3 rings (SSSR count). The van der Waals surface area contributed by atoms with E-state index in [9.17, 15) is 4.79 Å². The molecule has 2 saturated carbocycles. The predicted octanol–water partition coefficient (Wildman–Crippen LogP) is 4.72. The third kappa shape index (κ3) is 3.86. The van der Waals surface area contributed by atoms with Gasteiger partial charge in [0.15, 0.2) is 0 Å². The zero-order valence-corrected chi connectivity index (χ0v) is 15.3. The van der Waals surface area contributed by atoms with Crippen LogP contribution in [0.3, 0.4) is 0 Å². The molecule has 2 fully saturated rings. The summed E-state index contributed by atoms with van der Waals surface area (Å²) in [5.41, 5.74) is 0.457. The number of hydrogen-bond donors (Lipinski definition) is 0. The molecule has 0 aromatic heterocycles. The lowest BCUT2D eigenvalue weighted by atomic mass is 10.1. The SMILES string of the molecule is CC1(C)[C@H](C(=O)OCc2c(Cl)cccc2Cl)[C@@H]1C=NOCC1CC1. The van der Waals surface area contributed by atoms with Crippen LogP contribution in [0.4, 0.5) is 0 Å². The Morgan fingerprint density at radius 1 is 1.33 bits per heavy atom. The van der Waals surface area contributed by atoms with Gasteiger partial charge in [0, 0.05) is 27.7 Å². The summed E-state index contributed by atoms with van der Waals surface area (Å²) in [7, 11) is 0. The van der Waals surface area contributed by atoms with E-state index >= 15 is 0 Å². The Kier molecular flexibility index (Phi) is 5.07. The first-order valence-electron chi connectivity index (χ1n) is 8.16. The number of nitrogens with zero attached hydrogens (tertiary/aromatic N) is 1. The van der Waals surface area contributed by atoms with Crippen LogP contribution in [-0.2, 0) is 21.0 Å². The monoisotopic (exact) mass is 369 g/mol. The first kappa shape index (κ1) is 17.6. The third-order valence-corrected chi connectivity index (χ3v) is 5.60. The second kappa shape index (κ2) is 6.93. The van der Waals surface area contributed by atoms with Crippen molar-refractivity contribution in [3.63, 3.8) is 0 Å². The van der Waals surface area contributed by atoms with Crippen molar-refractivity contribution in [2.75, 3.05) is 6.61 Å². The van der Waals surface area contributed by atoms with Crippen LogP contribution in [0.15, 0.2) is 23.4 Å². The summed E-state index contributed by atoms with van der Waals surface area (Å²) >= 11 is 12.2. The van der Waals surface area contributed by atoms with Crippen LogP contribution >= 0.6 is 23.2 Å². The summed E-state index contributed by atoms with van der Waals surface area (Å²) < 4.78 is 5.42. The van der Waals surface area contributed by atoms with Gasteiger partial charge in [-0.25, -0.2) is 0 Å². The highest BCUT2D eigenvalue weighted by molar-refractivity contribution is 6.35. The Labute approximate surface area is 152 Å². The molecule has 0 unspecified atom stereocenters. The molecule has 2 atom stereocenters. The molecule has 24 heavy (non-hydrogen) atoms. The van der Waals surface area contributed by atoms with Gasteiger partial charge < -0.3 is 9.57 Å². The number of oxime groups is 1. The molecule has 0 spiro atoms. The molecular formula is C18H21Cl2NO3. The van der Waals surface area contributed by atoms with Gasteiger partial charge in [-0.1, -0.05) is 48.3 Å². The summed E-state index contributed by atoms with van der Waals surface area (Å²) in [5.74, 6) is 0.225. The molecule has 0 radical (unpaired) electrons.